The van der Waals surface area contributed by atoms with Gasteiger partial charge in [-0.15, -0.1) is 0 Å². The summed E-state index contributed by atoms with van der Waals surface area (Å²) in [6, 6.07) is 0. The zero-order valence-corrected chi connectivity index (χ0v) is 9.53. The van der Waals surface area contributed by atoms with E-state index < -0.39 is 28.2 Å². The highest BCUT2D eigenvalue weighted by molar-refractivity contribution is 7.89. The fourth-order valence-electron chi connectivity index (χ4n) is 1.10. The summed E-state index contributed by atoms with van der Waals surface area (Å²) in [5, 5.41) is 17.1. The summed E-state index contributed by atoms with van der Waals surface area (Å²) in [5.74, 6) is -1.55. The molecule has 0 aliphatic heterocycles. The number of aliphatic hydroxyl groups excluding tert-OH is 1. The van der Waals surface area contributed by atoms with E-state index in [1.54, 1.807) is 0 Å². The van der Waals surface area contributed by atoms with Gasteiger partial charge >= 0.3 is 5.97 Å². The topological polar surface area (TPSA) is 94.9 Å². The van der Waals surface area contributed by atoms with Gasteiger partial charge in [-0.05, 0) is 6.42 Å². The molecule has 0 heterocycles. The second kappa shape index (κ2) is 6.76. The maximum Gasteiger partial charge on any atom is 0.304 e. The Balaban J connectivity index is 4.42. The van der Waals surface area contributed by atoms with Crippen molar-refractivity contribution in [2.75, 3.05) is 25.4 Å². The van der Waals surface area contributed by atoms with E-state index in [0.29, 0.717) is 13.0 Å². The summed E-state index contributed by atoms with van der Waals surface area (Å²) in [5.41, 5.74) is 0. The van der Waals surface area contributed by atoms with Gasteiger partial charge in [-0.2, -0.15) is 4.31 Å². The Morgan fingerprint density at radius 3 is 2.33 bits per heavy atom. The Labute approximate surface area is 89.6 Å². The number of carboxylic acid groups (broad SMARTS) is 1. The van der Waals surface area contributed by atoms with Crippen molar-refractivity contribution >= 4 is 16.0 Å². The SMILES string of the molecule is CCCN(CCO)S(=O)(=O)CCC(=O)O. The number of nitrogens with zero attached hydrogens (tertiary/aromatic N) is 1. The normalized spacial score (nSPS) is 11.9. The van der Waals surface area contributed by atoms with Gasteiger partial charge in [0, 0.05) is 13.1 Å². The summed E-state index contributed by atoms with van der Waals surface area (Å²) in [6.07, 6.45) is 0.222. The van der Waals surface area contributed by atoms with E-state index in [-0.39, 0.29) is 13.2 Å². The third-order valence-electron chi connectivity index (χ3n) is 1.79. The summed E-state index contributed by atoms with van der Waals surface area (Å²) in [7, 11) is -3.55. The number of rotatable bonds is 8. The van der Waals surface area contributed by atoms with Gasteiger partial charge in [-0.1, -0.05) is 6.92 Å². The van der Waals surface area contributed by atoms with Gasteiger partial charge in [0.05, 0.1) is 18.8 Å². The van der Waals surface area contributed by atoms with Crippen molar-refractivity contribution in [1.82, 2.24) is 4.31 Å². The van der Waals surface area contributed by atoms with E-state index >= 15 is 0 Å². The van der Waals surface area contributed by atoms with Crippen LogP contribution in [0.1, 0.15) is 19.8 Å². The monoisotopic (exact) mass is 239 g/mol. The zero-order valence-electron chi connectivity index (χ0n) is 8.72. The van der Waals surface area contributed by atoms with E-state index in [9.17, 15) is 13.2 Å². The number of sulfonamides is 1. The predicted octanol–water partition coefficient (Wildman–Crippen LogP) is -0.505. The van der Waals surface area contributed by atoms with E-state index in [4.69, 9.17) is 10.2 Å². The van der Waals surface area contributed by atoms with Crippen LogP contribution < -0.4 is 0 Å². The molecule has 0 aromatic rings. The molecule has 2 N–H and O–H groups in total. The molecule has 0 aromatic heterocycles. The lowest BCUT2D eigenvalue weighted by Gasteiger charge is -2.19. The Hall–Kier alpha value is -0.660. The highest BCUT2D eigenvalue weighted by atomic mass is 32.2. The smallest absolute Gasteiger partial charge is 0.304 e. The molecule has 0 spiro atoms. The van der Waals surface area contributed by atoms with Crippen LogP contribution in [0.2, 0.25) is 0 Å². The third-order valence-corrected chi connectivity index (χ3v) is 3.66. The molecule has 0 bridgehead atoms. The minimum Gasteiger partial charge on any atom is -0.481 e. The molecular formula is C8H17NO5S. The molecule has 0 rings (SSSR count). The number of aliphatic hydroxyl groups is 1. The van der Waals surface area contributed by atoms with E-state index in [2.05, 4.69) is 0 Å². The molecule has 0 radical (unpaired) electrons. The fraction of sp³-hybridized carbons (Fsp3) is 0.875. The van der Waals surface area contributed by atoms with Gasteiger partial charge in [-0.25, -0.2) is 8.42 Å². The zero-order chi connectivity index (χ0) is 11.9. The molecular weight excluding hydrogens is 222 g/mol. The van der Waals surface area contributed by atoms with Crippen molar-refractivity contribution in [3.8, 4) is 0 Å². The number of hydrogen-bond acceptors (Lipinski definition) is 4. The number of aliphatic carboxylic acids is 1. The molecule has 0 atom stereocenters. The van der Waals surface area contributed by atoms with Gasteiger partial charge in [-0.3, -0.25) is 4.79 Å². The van der Waals surface area contributed by atoms with E-state index in [1.165, 1.54) is 0 Å². The van der Waals surface area contributed by atoms with Gasteiger partial charge in [0.1, 0.15) is 0 Å². The average Bonchev–Trinajstić information content (AvgIpc) is 2.15. The number of carbonyl (C=O) groups is 1. The van der Waals surface area contributed by atoms with Crippen molar-refractivity contribution < 1.29 is 23.4 Å². The van der Waals surface area contributed by atoms with Crippen LogP contribution in [0.15, 0.2) is 0 Å². The molecule has 0 saturated carbocycles. The summed E-state index contributed by atoms with van der Waals surface area (Å²) in [4.78, 5) is 10.3. The lowest BCUT2D eigenvalue weighted by atomic mass is 10.5. The van der Waals surface area contributed by atoms with Crippen LogP contribution in [0.4, 0.5) is 0 Å². The van der Waals surface area contributed by atoms with Gasteiger partial charge < -0.3 is 10.2 Å². The molecule has 0 unspecified atom stereocenters. The van der Waals surface area contributed by atoms with Crippen molar-refractivity contribution in [1.29, 1.82) is 0 Å². The molecule has 0 aliphatic rings. The average molecular weight is 239 g/mol. The first kappa shape index (κ1) is 14.3. The quantitative estimate of drug-likeness (QED) is 0.595. The Bertz CT molecular complexity index is 281. The third kappa shape index (κ3) is 5.71. The Kier molecular flexibility index (Phi) is 6.46. The molecule has 6 nitrogen and oxygen atoms in total. The predicted molar refractivity (Wildman–Crippen MR) is 55.0 cm³/mol. The van der Waals surface area contributed by atoms with Gasteiger partial charge in [0.25, 0.3) is 0 Å². The van der Waals surface area contributed by atoms with Crippen LogP contribution in [-0.2, 0) is 14.8 Å². The largest absolute Gasteiger partial charge is 0.481 e. The van der Waals surface area contributed by atoms with Crippen LogP contribution in [0.3, 0.4) is 0 Å². The van der Waals surface area contributed by atoms with Gasteiger partial charge in [0.2, 0.25) is 10.0 Å². The molecule has 0 aliphatic carbocycles. The van der Waals surface area contributed by atoms with E-state index in [1.807, 2.05) is 6.92 Å². The second-order valence-corrected chi connectivity index (χ2v) is 5.17. The van der Waals surface area contributed by atoms with Crippen LogP contribution in [0, 0.1) is 0 Å². The first-order valence-electron chi connectivity index (χ1n) is 4.74. The minimum absolute atomic E-state index is 0.0236. The van der Waals surface area contributed by atoms with Crippen LogP contribution in [0.5, 0.6) is 0 Å². The standard InChI is InChI=1S/C8H17NO5S/c1-2-4-9(5-6-10)15(13,14)7-3-8(11)12/h10H,2-7H2,1H3,(H,11,12). The van der Waals surface area contributed by atoms with E-state index in [0.717, 1.165) is 4.31 Å². The first-order valence-corrected chi connectivity index (χ1v) is 6.35. The lowest BCUT2D eigenvalue weighted by molar-refractivity contribution is -0.136. The summed E-state index contributed by atoms with van der Waals surface area (Å²) < 4.78 is 24.3. The summed E-state index contributed by atoms with van der Waals surface area (Å²) in [6.45, 7) is 1.89. The molecule has 15 heavy (non-hydrogen) atoms. The van der Waals surface area contributed by atoms with Crippen molar-refractivity contribution in [2.45, 2.75) is 19.8 Å². The molecule has 7 heteroatoms. The molecule has 0 aromatic carbocycles. The maximum atomic E-state index is 11.6. The highest BCUT2D eigenvalue weighted by Gasteiger charge is 2.21. The van der Waals surface area contributed by atoms with Crippen LogP contribution in [-0.4, -0.2) is 54.4 Å². The number of carboxylic acids is 1. The lowest BCUT2D eigenvalue weighted by Crippen LogP contribution is -2.36. The Morgan fingerprint density at radius 2 is 1.93 bits per heavy atom. The van der Waals surface area contributed by atoms with Crippen molar-refractivity contribution in [3.05, 3.63) is 0 Å². The fourth-order valence-corrected chi connectivity index (χ4v) is 2.61. The molecule has 0 fully saturated rings. The van der Waals surface area contributed by atoms with Crippen molar-refractivity contribution in [2.24, 2.45) is 0 Å². The number of hydrogen-bond donors (Lipinski definition) is 2. The molecule has 0 amide bonds. The van der Waals surface area contributed by atoms with Crippen LogP contribution >= 0.6 is 0 Å². The molecule has 90 valence electrons. The van der Waals surface area contributed by atoms with Gasteiger partial charge in [0.15, 0.2) is 0 Å². The minimum atomic E-state index is -3.55. The van der Waals surface area contributed by atoms with Crippen LogP contribution in [0.25, 0.3) is 0 Å². The Morgan fingerprint density at radius 1 is 1.33 bits per heavy atom. The first-order chi connectivity index (χ1) is 6.94. The maximum absolute atomic E-state index is 11.6. The second-order valence-electron chi connectivity index (χ2n) is 3.08. The summed E-state index contributed by atoms with van der Waals surface area (Å²) >= 11 is 0. The molecule has 0 saturated heterocycles. The van der Waals surface area contributed by atoms with Crippen molar-refractivity contribution in [3.63, 3.8) is 0 Å². The highest BCUT2D eigenvalue weighted by Crippen LogP contribution is 2.04.